The van der Waals surface area contributed by atoms with E-state index in [-0.39, 0.29) is 6.04 Å². The highest BCUT2D eigenvalue weighted by atomic mass is 35.5. The maximum absolute atomic E-state index is 11.5. The minimum absolute atomic E-state index is 0.222. The van der Waals surface area contributed by atoms with Crippen LogP contribution < -0.4 is 16.4 Å². The van der Waals surface area contributed by atoms with Gasteiger partial charge < -0.3 is 16.4 Å². The van der Waals surface area contributed by atoms with Crippen LogP contribution in [0.3, 0.4) is 0 Å². The molecule has 1 aromatic carbocycles. The Labute approximate surface area is 107 Å². The number of primary amides is 1. The first-order valence-corrected chi connectivity index (χ1v) is 5.91. The zero-order chi connectivity index (χ0) is 13.2. The summed E-state index contributed by atoms with van der Waals surface area (Å²) in [5, 5.41) is 0.453. The summed E-state index contributed by atoms with van der Waals surface area (Å²) in [4.78, 5) is 13.5. The molecule has 0 aliphatic carbocycles. The predicted molar refractivity (Wildman–Crippen MR) is 72.5 cm³/mol. The molecule has 0 fully saturated rings. The van der Waals surface area contributed by atoms with Crippen LogP contribution in [0.2, 0.25) is 5.02 Å². The van der Waals surface area contributed by atoms with Gasteiger partial charge in [0.25, 0.3) is 5.91 Å². The first kappa shape index (κ1) is 13.6. The van der Waals surface area contributed by atoms with Gasteiger partial charge in [0.1, 0.15) is 0 Å². The van der Waals surface area contributed by atoms with Crippen molar-refractivity contribution in [2.24, 2.45) is 5.73 Å². The lowest BCUT2D eigenvalue weighted by molar-refractivity contribution is 0.100. The van der Waals surface area contributed by atoms with Crippen LogP contribution in [0, 0.1) is 0 Å². The van der Waals surface area contributed by atoms with Crippen molar-refractivity contribution in [2.45, 2.75) is 26.8 Å². The van der Waals surface area contributed by atoms with Gasteiger partial charge in [0.15, 0.2) is 0 Å². The van der Waals surface area contributed by atoms with Crippen molar-refractivity contribution in [3.8, 4) is 0 Å². The number of rotatable bonds is 4. The molecule has 0 atom stereocenters. The molecule has 17 heavy (non-hydrogen) atoms. The predicted octanol–water partition coefficient (Wildman–Crippen LogP) is 2.26. The van der Waals surface area contributed by atoms with Crippen LogP contribution >= 0.6 is 11.6 Å². The van der Waals surface area contributed by atoms with Crippen LogP contribution in [0.4, 0.5) is 11.4 Å². The minimum Gasteiger partial charge on any atom is -0.399 e. The fourth-order valence-electron chi connectivity index (χ4n) is 1.88. The third-order valence-corrected chi connectivity index (χ3v) is 2.89. The van der Waals surface area contributed by atoms with Gasteiger partial charge in [0.05, 0.1) is 16.3 Å². The summed E-state index contributed by atoms with van der Waals surface area (Å²) in [6.45, 7) is 6.79. The van der Waals surface area contributed by atoms with Crippen molar-refractivity contribution in [2.75, 3.05) is 17.2 Å². The molecule has 0 saturated heterocycles. The van der Waals surface area contributed by atoms with Crippen molar-refractivity contribution in [3.05, 3.63) is 22.7 Å². The molecule has 0 unspecified atom stereocenters. The third-order valence-electron chi connectivity index (χ3n) is 2.60. The van der Waals surface area contributed by atoms with Gasteiger partial charge in [0, 0.05) is 18.3 Å². The average molecular weight is 256 g/mol. The monoisotopic (exact) mass is 255 g/mol. The quantitative estimate of drug-likeness (QED) is 0.811. The Morgan fingerprint density at radius 3 is 2.47 bits per heavy atom. The zero-order valence-corrected chi connectivity index (χ0v) is 11.1. The van der Waals surface area contributed by atoms with E-state index < -0.39 is 5.91 Å². The number of nitrogen functional groups attached to an aromatic ring is 1. The minimum atomic E-state index is -0.520. The van der Waals surface area contributed by atoms with Gasteiger partial charge in [-0.15, -0.1) is 0 Å². The number of halogens is 1. The molecule has 1 rings (SSSR count). The number of nitrogens with zero attached hydrogens (tertiary/aromatic N) is 1. The Morgan fingerprint density at radius 1 is 1.47 bits per heavy atom. The molecule has 0 bridgehead atoms. The Morgan fingerprint density at radius 2 is 2.06 bits per heavy atom. The van der Waals surface area contributed by atoms with E-state index in [0.29, 0.717) is 22.0 Å². The Hall–Kier alpha value is -1.42. The van der Waals surface area contributed by atoms with Crippen LogP contribution in [0.5, 0.6) is 0 Å². The number of hydrogen-bond donors (Lipinski definition) is 2. The Bertz CT molecular complexity index is 432. The topological polar surface area (TPSA) is 72.3 Å². The normalized spacial score (nSPS) is 10.6. The maximum Gasteiger partial charge on any atom is 0.250 e. The second-order valence-corrected chi connectivity index (χ2v) is 4.55. The molecule has 0 spiro atoms. The van der Waals surface area contributed by atoms with E-state index in [9.17, 15) is 4.79 Å². The van der Waals surface area contributed by atoms with Crippen LogP contribution in [0.25, 0.3) is 0 Å². The number of amides is 1. The number of carbonyl (C=O) groups excluding carboxylic acids is 1. The standard InChI is InChI=1S/C12H18ClN3O/c1-4-16(7(2)3)11-9(12(15)17)5-8(14)6-10(11)13/h5-7H,4,14H2,1-3H3,(H2,15,17). The molecule has 0 saturated carbocycles. The lowest BCUT2D eigenvalue weighted by Gasteiger charge is -2.30. The smallest absolute Gasteiger partial charge is 0.250 e. The second-order valence-electron chi connectivity index (χ2n) is 4.14. The summed E-state index contributed by atoms with van der Waals surface area (Å²) in [7, 11) is 0. The number of hydrogen-bond acceptors (Lipinski definition) is 3. The van der Waals surface area contributed by atoms with Crippen molar-refractivity contribution in [3.63, 3.8) is 0 Å². The summed E-state index contributed by atoms with van der Waals surface area (Å²) in [6.07, 6.45) is 0. The highest BCUT2D eigenvalue weighted by molar-refractivity contribution is 6.34. The van der Waals surface area contributed by atoms with Crippen LogP contribution in [0.15, 0.2) is 12.1 Å². The fourth-order valence-corrected chi connectivity index (χ4v) is 2.22. The molecule has 4 nitrogen and oxygen atoms in total. The van der Waals surface area contributed by atoms with Gasteiger partial charge in [-0.05, 0) is 32.9 Å². The summed E-state index contributed by atoms with van der Waals surface area (Å²) >= 11 is 6.17. The highest BCUT2D eigenvalue weighted by Crippen LogP contribution is 2.33. The van der Waals surface area contributed by atoms with Crippen molar-refractivity contribution < 1.29 is 4.79 Å². The molecular formula is C12H18ClN3O. The van der Waals surface area contributed by atoms with E-state index in [4.69, 9.17) is 23.1 Å². The second kappa shape index (κ2) is 5.27. The van der Waals surface area contributed by atoms with E-state index in [1.807, 2.05) is 25.7 Å². The van der Waals surface area contributed by atoms with Gasteiger partial charge >= 0.3 is 0 Å². The number of nitrogens with two attached hydrogens (primary N) is 2. The van der Waals surface area contributed by atoms with Crippen LogP contribution in [-0.2, 0) is 0 Å². The molecule has 0 aliphatic rings. The van der Waals surface area contributed by atoms with E-state index in [1.165, 1.54) is 0 Å². The third kappa shape index (κ3) is 2.82. The number of anilines is 2. The Kier molecular flexibility index (Phi) is 4.23. The number of carbonyl (C=O) groups is 1. The van der Waals surface area contributed by atoms with Crippen LogP contribution in [0.1, 0.15) is 31.1 Å². The lowest BCUT2D eigenvalue weighted by atomic mass is 10.1. The van der Waals surface area contributed by atoms with Gasteiger partial charge in [-0.1, -0.05) is 11.6 Å². The van der Waals surface area contributed by atoms with Gasteiger partial charge in [-0.3, -0.25) is 4.79 Å². The van der Waals surface area contributed by atoms with Gasteiger partial charge in [-0.2, -0.15) is 0 Å². The van der Waals surface area contributed by atoms with E-state index in [0.717, 1.165) is 6.54 Å². The maximum atomic E-state index is 11.5. The summed E-state index contributed by atoms with van der Waals surface area (Å²) < 4.78 is 0. The van der Waals surface area contributed by atoms with Crippen molar-refractivity contribution in [1.29, 1.82) is 0 Å². The highest BCUT2D eigenvalue weighted by Gasteiger charge is 2.20. The summed E-state index contributed by atoms with van der Waals surface area (Å²) in [6, 6.07) is 3.42. The molecule has 5 heteroatoms. The van der Waals surface area contributed by atoms with Crippen LogP contribution in [-0.4, -0.2) is 18.5 Å². The molecular weight excluding hydrogens is 238 g/mol. The molecule has 0 radical (unpaired) electrons. The SMILES string of the molecule is CCN(c1c(Cl)cc(N)cc1C(N)=O)C(C)C. The molecule has 0 heterocycles. The molecule has 0 aromatic heterocycles. The fraction of sp³-hybridized carbons (Fsp3) is 0.417. The molecule has 94 valence electrons. The number of benzene rings is 1. The average Bonchev–Trinajstić information content (AvgIpc) is 2.20. The largest absolute Gasteiger partial charge is 0.399 e. The Balaban J connectivity index is 3.44. The van der Waals surface area contributed by atoms with Crippen molar-refractivity contribution in [1.82, 2.24) is 0 Å². The first-order chi connectivity index (χ1) is 7.88. The molecule has 4 N–H and O–H groups in total. The zero-order valence-electron chi connectivity index (χ0n) is 10.3. The van der Waals surface area contributed by atoms with Crippen molar-refractivity contribution >= 4 is 28.9 Å². The molecule has 1 amide bonds. The first-order valence-electron chi connectivity index (χ1n) is 5.53. The summed E-state index contributed by atoms with van der Waals surface area (Å²) in [5.74, 6) is -0.520. The molecule has 0 aliphatic heterocycles. The molecule has 1 aromatic rings. The van der Waals surface area contributed by atoms with E-state index in [2.05, 4.69) is 0 Å². The summed E-state index contributed by atoms with van der Waals surface area (Å²) in [5.41, 5.74) is 12.5. The van der Waals surface area contributed by atoms with E-state index >= 15 is 0 Å². The van der Waals surface area contributed by atoms with E-state index in [1.54, 1.807) is 12.1 Å². The van der Waals surface area contributed by atoms with Gasteiger partial charge in [0.2, 0.25) is 0 Å². The van der Waals surface area contributed by atoms with Gasteiger partial charge in [-0.25, -0.2) is 0 Å². The lowest BCUT2D eigenvalue weighted by Crippen LogP contribution is -2.33.